The van der Waals surface area contributed by atoms with Crippen molar-refractivity contribution in [3.63, 3.8) is 0 Å². The summed E-state index contributed by atoms with van der Waals surface area (Å²) >= 11 is 0. The van der Waals surface area contributed by atoms with Gasteiger partial charge in [0.2, 0.25) is 5.91 Å². The Morgan fingerprint density at radius 2 is 2.00 bits per heavy atom. The van der Waals surface area contributed by atoms with Gasteiger partial charge in [-0.15, -0.1) is 0 Å². The van der Waals surface area contributed by atoms with E-state index in [-0.39, 0.29) is 5.91 Å². The summed E-state index contributed by atoms with van der Waals surface area (Å²) in [5.74, 6) is 2.47. The van der Waals surface area contributed by atoms with Gasteiger partial charge >= 0.3 is 0 Å². The molecule has 0 aromatic heterocycles. The van der Waals surface area contributed by atoms with Crippen LogP contribution in [0.3, 0.4) is 0 Å². The number of ether oxygens (including phenoxy) is 2. The second-order valence-corrected chi connectivity index (χ2v) is 7.82. The minimum atomic E-state index is 0.103. The van der Waals surface area contributed by atoms with E-state index < -0.39 is 0 Å². The number of carbonyl (C=O) groups excluding carboxylic acids is 1. The summed E-state index contributed by atoms with van der Waals surface area (Å²) in [6.45, 7) is 5.28. The van der Waals surface area contributed by atoms with E-state index in [1.807, 2.05) is 48.5 Å². The fourth-order valence-electron chi connectivity index (χ4n) is 3.77. The molecule has 0 saturated carbocycles. The zero-order valence-electron chi connectivity index (χ0n) is 17.4. The number of amides is 1. The van der Waals surface area contributed by atoms with Gasteiger partial charge in [-0.05, 0) is 61.0 Å². The first-order chi connectivity index (χ1) is 14.2. The third-order valence-corrected chi connectivity index (χ3v) is 5.60. The van der Waals surface area contributed by atoms with Gasteiger partial charge in [0.05, 0.1) is 7.11 Å². The molecule has 3 rings (SSSR count). The van der Waals surface area contributed by atoms with Crippen LogP contribution in [0.15, 0.2) is 48.5 Å². The Hall–Kier alpha value is -2.53. The van der Waals surface area contributed by atoms with Crippen LogP contribution < -0.4 is 20.1 Å². The van der Waals surface area contributed by atoms with Gasteiger partial charge in [-0.1, -0.05) is 43.3 Å². The lowest BCUT2D eigenvalue weighted by atomic mass is 9.85. The van der Waals surface area contributed by atoms with E-state index in [1.165, 1.54) is 12.8 Å². The normalized spacial score (nSPS) is 17.4. The molecule has 29 heavy (non-hydrogen) atoms. The van der Waals surface area contributed by atoms with Gasteiger partial charge in [-0.25, -0.2) is 0 Å². The van der Waals surface area contributed by atoms with Crippen molar-refractivity contribution in [2.75, 3.05) is 20.2 Å². The van der Waals surface area contributed by atoms with Gasteiger partial charge < -0.3 is 20.1 Å². The molecule has 1 aliphatic heterocycles. The van der Waals surface area contributed by atoms with Gasteiger partial charge in [0.25, 0.3) is 0 Å². The molecule has 0 spiro atoms. The van der Waals surface area contributed by atoms with E-state index in [9.17, 15) is 4.79 Å². The molecular weight excluding hydrogens is 364 g/mol. The molecular formula is C24H32N2O3. The predicted molar refractivity (Wildman–Crippen MR) is 115 cm³/mol. The molecule has 2 unspecified atom stereocenters. The van der Waals surface area contributed by atoms with E-state index >= 15 is 0 Å². The molecule has 2 aromatic carbocycles. The Kier molecular flexibility index (Phi) is 7.94. The number of piperidine rings is 1. The van der Waals surface area contributed by atoms with Crippen LogP contribution in [0.4, 0.5) is 0 Å². The van der Waals surface area contributed by atoms with Crippen LogP contribution in [0.5, 0.6) is 11.5 Å². The standard InChI is InChI=1S/C24H32N2O3/c1-18(21-9-6-12-25-16-21)13-24(27)26-15-20-10-11-22(23(14-20)28-2)29-17-19-7-4-3-5-8-19/h3-5,7-8,10-11,14,18,21,25H,6,9,12-13,15-17H2,1-2H3,(H,26,27). The molecule has 0 aliphatic carbocycles. The molecule has 1 saturated heterocycles. The van der Waals surface area contributed by atoms with Crippen LogP contribution in [-0.4, -0.2) is 26.1 Å². The zero-order chi connectivity index (χ0) is 20.5. The maximum atomic E-state index is 12.4. The highest BCUT2D eigenvalue weighted by molar-refractivity contribution is 5.76. The molecule has 0 bridgehead atoms. The summed E-state index contributed by atoms with van der Waals surface area (Å²) in [6.07, 6.45) is 2.99. The van der Waals surface area contributed by atoms with Gasteiger partial charge in [-0.3, -0.25) is 4.79 Å². The summed E-state index contributed by atoms with van der Waals surface area (Å²) in [7, 11) is 1.63. The number of benzene rings is 2. The first-order valence-electron chi connectivity index (χ1n) is 10.5. The van der Waals surface area contributed by atoms with Crippen LogP contribution in [0.2, 0.25) is 0 Å². The number of hydrogen-bond donors (Lipinski definition) is 2. The first-order valence-corrected chi connectivity index (χ1v) is 10.5. The zero-order valence-corrected chi connectivity index (χ0v) is 17.4. The Morgan fingerprint density at radius 1 is 1.17 bits per heavy atom. The summed E-state index contributed by atoms with van der Waals surface area (Å²) in [5, 5.41) is 6.47. The molecule has 5 nitrogen and oxygen atoms in total. The van der Waals surface area contributed by atoms with Gasteiger partial charge in [-0.2, -0.15) is 0 Å². The van der Waals surface area contributed by atoms with Crippen LogP contribution in [0.25, 0.3) is 0 Å². The highest BCUT2D eigenvalue weighted by atomic mass is 16.5. The van der Waals surface area contributed by atoms with Crippen molar-refractivity contribution in [2.24, 2.45) is 11.8 Å². The van der Waals surface area contributed by atoms with E-state index in [0.717, 1.165) is 24.2 Å². The summed E-state index contributed by atoms with van der Waals surface area (Å²) < 4.78 is 11.4. The smallest absolute Gasteiger partial charge is 0.220 e. The number of nitrogens with one attached hydrogen (secondary N) is 2. The van der Waals surface area contributed by atoms with Crippen LogP contribution in [-0.2, 0) is 17.9 Å². The molecule has 5 heteroatoms. The topological polar surface area (TPSA) is 59.6 Å². The SMILES string of the molecule is COc1cc(CNC(=O)CC(C)C2CCCNC2)ccc1OCc1ccccc1. The van der Waals surface area contributed by atoms with Crippen molar-refractivity contribution < 1.29 is 14.3 Å². The second-order valence-electron chi connectivity index (χ2n) is 7.82. The third kappa shape index (κ3) is 6.50. The average Bonchev–Trinajstić information content (AvgIpc) is 2.77. The quantitative estimate of drug-likeness (QED) is 0.675. The van der Waals surface area contributed by atoms with Crippen LogP contribution in [0.1, 0.15) is 37.3 Å². The van der Waals surface area contributed by atoms with E-state index in [1.54, 1.807) is 7.11 Å². The fourth-order valence-corrected chi connectivity index (χ4v) is 3.77. The minimum absolute atomic E-state index is 0.103. The number of hydrogen-bond acceptors (Lipinski definition) is 4. The van der Waals surface area contributed by atoms with Crippen molar-refractivity contribution >= 4 is 5.91 Å². The van der Waals surface area contributed by atoms with E-state index in [4.69, 9.17) is 9.47 Å². The van der Waals surface area contributed by atoms with Crippen molar-refractivity contribution in [2.45, 2.75) is 39.3 Å². The Bertz CT molecular complexity index is 773. The highest BCUT2D eigenvalue weighted by Crippen LogP contribution is 2.29. The Balaban J connectivity index is 1.49. The highest BCUT2D eigenvalue weighted by Gasteiger charge is 2.21. The molecule has 2 aromatic rings. The average molecular weight is 397 g/mol. The molecule has 1 aliphatic rings. The molecule has 1 amide bonds. The maximum Gasteiger partial charge on any atom is 0.220 e. The Labute approximate surface area is 173 Å². The van der Waals surface area contributed by atoms with Crippen molar-refractivity contribution in [3.8, 4) is 11.5 Å². The van der Waals surface area contributed by atoms with E-state index in [0.29, 0.717) is 42.9 Å². The second kappa shape index (κ2) is 10.9. The van der Waals surface area contributed by atoms with Crippen molar-refractivity contribution in [3.05, 3.63) is 59.7 Å². The van der Waals surface area contributed by atoms with Crippen LogP contribution >= 0.6 is 0 Å². The number of carbonyl (C=O) groups is 1. The van der Waals surface area contributed by atoms with Gasteiger partial charge in [0.15, 0.2) is 11.5 Å². The molecule has 2 N–H and O–H groups in total. The molecule has 2 atom stereocenters. The summed E-state index contributed by atoms with van der Waals surface area (Å²) in [5.41, 5.74) is 2.10. The monoisotopic (exact) mass is 396 g/mol. The lowest BCUT2D eigenvalue weighted by Crippen LogP contribution is -2.35. The largest absolute Gasteiger partial charge is 0.493 e. The van der Waals surface area contributed by atoms with Gasteiger partial charge in [0, 0.05) is 13.0 Å². The predicted octanol–water partition coefficient (Wildman–Crippen LogP) is 3.92. The fraction of sp³-hybridized carbons (Fsp3) is 0.458. The van der Waals surface area contributed by atoms with E-state index in [2.05, 4.69) is 17.6 Å². The lowest BCUT2D eigenvalue weighted by molar-refractivity contribution is -0.122. The first kappa shape index (κ1) is 21.2. The van der Waals surface area contributed by atoms with Crippen LogP contribution in [0, 0.1) is 11.8 Å². The molecule has 156 valence electrons. The van der Waals surface area contributed by atoms with Crippen molar-refractivity contribution in [1.29, 1.82) is 0 Å². The summed E-state index contributed by atoms with van der Waals surface area (Å²) in [4.78, 5) is 12.4. The molecule has 1 heterocycles. The Morgan fingerprint density at radius 3 is 2.72 bits per heavy atom. The van der Waals surface area contributed by atoms with Gasteiger partial charge in [0.1, 0.15) is 6.61 Å². The minimum Gasteiger partial charge on any atom is -0.493 e. The number of methoxy groups -OCH3 is 1. The molecule has 1 fully saturated rings. The number of rotatable bonds is 9. The lowest BCUT2D eigenvalue weighted by Gasteiger charge is -2.28. The van der Waals surface area contributed by atoms with Crippen molar-refractivity contribution in [1.82, 2.24) is 10.6 Å². The maximum absolute atomic E-state index is 12.4. The summed E-state index contributed by atoms with van der Waals surface area (Å²) in [6, 6.07) is 15.8. The molecule has 0 radical (unpaired) electrons. The third-order valence-electron chi connectivity index (χ3n) is 5.60.